The van der Waals surface area contributed by atoms with Gasteiger partial charge in [-0.25, -0.2) is 0 Å². The van der Waals surface area contributed by atoms with Gasteiger partial charge in [-0.3, -0.25) is 0 Å². The lowest BCUT2D eigenvalue weighted by atomic mass is 9.66. The van der Waals surface area contributed by atoms with Crippen LogP contribution in [0.5, 0.6) is 0 Å². The van der Waals surface area contributed by atoms with Crippen molar-refractivity contribution in [2.45, 2.75) is 51.9 Å². The van der Waals surface area contributed by atoms with Gasteiger partial charge in [-0.15, -0.1) is 0 Å². The highest BCUT2D eigenvalue weighted by Gasteiger charge is 2.33. The van der Waals surface area contributed by atoms with Crippen LogP contribution in [0.15, 0.2) is 55.2 Å². The Bertz CT molecular complexity index is 730. The summed E-state index contributed by atoms with van der Waals surface area (Å²) in [7, 11) is 0. The Labute approximate surface area is 140 Å². The smallest absolute Gasteiger partial charge is 0.0458 e. The topological polar surface area (TPSA) is 3.24 Å². The normalized spacial score (nSPS) is 15.5. The van der Waals surface area contributed by atoms with Crippen LogP contribution >= 0.6 is 0 Å². The van der Waals surface area contributed by atoms with Crippen molar-refractivity contribution in [3.05, 3.63) is 71.9 Å². The first-order valence-electron chi connectivity index (χ1n) is 8.38. The first-order chi connectivity index (χ1) is 10.7. The zero-order valence-electron chi connectivity index (χ0n) is 15.0. The molecule has 0 aliphatic heterocycles. The first kappa shape index (κ1) is 15.9. The van der Waals surface area contributed by atoms with Gasteiger partial charge in [0.2, 0.25) is 0 Å². The van der Waals surface area contributed by atoms with Crippen molar-refractivity contribution in [1.29, 1.82) is 0 Å². The molecule has 0 amide bonds. The van der Waals surface area contributed by atoms with Gasteiger partial charge in [0.25, 0.3) is 0 Å². The average Bonchev–Trinajstić information content (AvgIpc) is 2.46. The average molecular weight is 305 g/mol. The molecule has 1 aliphatic carbocycles. The summed E-state index contributed by atoms with van der Waals surface area (Å²) in [5, 5.41) is 0. The summed E-state index contributed by atoms with van der Waals surface area (Å²) < 4.78 is 0. The molecule has 0 saturated carbocycles. The number of rotatable bonds is 3. The Morgan fingerprint density at radius 2 is 1.61 bits per heavy atom. The molecule has 0 aromatic heterocycles. The molecule has 0 unspecified atom stereocenters. The highest BCUT2D eigenvalue weighted by Crippen LogP contribution is 2.43. The SMILES string of the molecule is C=CN(c1ccc(C(C)(C)C)cc1)c1ccc2c(c1)CC2(C)C. The second-order valence-electron chi connectivity index (χ2n) is 8.25. The molecule has 0 N–H and O–H groups in total. The maximum Gasteiger partial charge on any atom is 0.0458 e. The number of hydrogen-bond donors (Lipinski definition) is 0. The van der Waals surface area contributed by atoms with Gasteiger partial charge in [0, 0.05) is 17.6 Å². The van der Waals surface area contributed by atoms with Crippen LogP contribution in [-0.4, -0.2) is 0 Å². The number of anilines is 2. The fourth-order valence-corrected chi connectivity index (χ4v) is 3.48. The van der Waals surface area contributed by atoms with Gasteiger partial charge in [0.15, 0.2) is 0 Å². The zero-order chi connectivity index (χ0) is 16.8. The molecular formula is C22H27N. The minimum Gasteiger partial charge on any atom is -0.318 e. The Kier molecular flexibility index (Phi) is 3.63. The number of nitrogens with zero attached hydrogens (tertiary/aromatic N) is 1. The van der Waals surface area contributed by atoms with E-state index in [1.807, 2.05) is 6.20 Å². The summed E-state index contributed by atoms with van der Waals surface area (Å²) >= 11 is 0. The predicted octanol–water partition coefficient (Wildman–Crippen LogP) is 6.10. The summed E-state index contributed by atoms with van der Waals surface area (Å²) in [6.45, 7) is 15.4. The third kappa shape index (κ3) is 2.81. The van der Waals surface area contributed by atoms with Crippen molar-refractivity contribution in [1.82, 2.24) is 0 Å². The third-order valence-electron chi connectivity index (χ3n) is 4.92. The van der Waals surface area contributed by atoms with E-state index in [0.29, 0.717) is 5.41 Å². The van der Waals surface area contributed by atoms with Crippen molar-refractivity contribution >= 4 is 11.4 Å². The molecule has 0 heterocycles. The first-order valence-corrected chi connectivity index (χ1v) is 8.38. The van der Waals surface area contributed by atoms with Crippen LogP contribution in [0.2, 0.25) is 0 Å². The molecule has 1 aliphatic rings. The standard InChI is InChI=1S/C22H27N/c1-7-23(18-10-8-17(9-11-18)21(2,3)4)19-12-13-20-16(14-19)15-22(20,5)6/h7-14H,1,15H2,2-6H3. The fourth-order valence-electron chi connectivity index (χ4n) is 3.48. The second kappa shape index (κ2) is 5.26. The van der Waals surface area contributed by atoms with Crippen LogP contribution in [-0.2, 0) is 17.3 Å². The van der Waals surface area contributed by atoms with Crippen molar-refractivity contribution in [3.8, 4) is 0 Å². The minimum atomic E-state index is 0.179. The summed E-state index contributed by atoms with van der Waals surface area (Å²) in [5.74, 6) is 0. The molecule has 2 aromatic carbocycles. The quantitative estimate of drug-likeness (QED) is 0.662. The van der Waals surface area contributed by atoms with E-state index in [2.05, 4.69) is 88.6 Å². The van der Waals surface area contributed by atoms with Crippen molar-refractivity contribution in [2.24, 2.45) is 0 Å². The maximum absolute atomic E-state index is 4.01. The Balaban J connectivity index is 1.92. The van der Waals surface area contributed by atoms with Crippen LogP contribution in [0.1, 0.15) is 51.3 Å². The minimum absolute atomic E-state index is 0.179. The molecule has 23 heavy (non-hydrogen) atoms. The van der Waals surface area contributed by atoms with E-state index in [0.717, 1.165) is 12.1 Å². The molecule has 3 rings (SSSR count). The van der Waals surface area contributed by atoms with Gasteiger partial charge < -0.3 is 4.90 Å². The van der Waals surface area contributed by atoms with Crippen LogP contribution in [0, 0.1) is 0 Å². The van der Waals surface area contributed by atoms with E-state index < -0.39 is 0 Å². The highest BCUT2D eigenvalue weighted by molar-refractivity contribution is 5.68. The van der Waals surface area contributed by atoms with Crippen molar-refractivity contribution in [2.75, 3.05) is 4.90 Å². The zero-order valence-corrected chi connectivity index (χ0v) is 15.0. The summed E-state index contributed by atoms with van der Waals surface area (Å²) in [6.07, 6.45) is 3.06. The Morgan fingerprint density at radius 1 is 1.00 bits per heavy atom. The summed E-state index contributed by atoms with van der Waals surface area (Å²) in [5.41, 5.74) is 7.16. The lowest BCUT2D eigenvalue weighted by molar-refractivity contribution is 0.455. The molecule has 0 spiro atoms. The lowest BCUT2D eigenvalue weighted by Gasteiger charge is -2.39. The molecule has 1 nitrogen and oxygen atoms in total. The van der Waals surface area contributed by atoms with E-state index in [4.69, 9.17) is 0 Å². The lowest BCUT2D eigenvalue weighted by Crippen LogP contribution is -2.32. The molecule has 0 radical (unpaired) electrons. The summed E-state index contributed by atoms with van der Waals surface area (Å²) in [4.78, 5) is 2.16. The molecule has 120 valence electrons. The van der Waals surface area contributed by atoms with Gasteiger partial charge in [-0.05, 0) is 58.2 Å². The maximum atomic E-state index is 4.01. The Hall–Kier alpha value is -2.02. The van der Waals surface area contributed by atoms with E-state index >= 15 is 0 Å². The number of fused-ring (bicyclic) bond motifs is 1. The predicted molar refractivity (Wildman–Crippen MR) is 101 cm³/mol. The molecule has 0 saturated heterocycles. The molecule has 0 fully saturated rings. The van der Waals surface area contributed by atoms with Crippen molar-refractivity contribution < 1.29 is 0 Å². The van der Waals surface area contributed by atoms with E-state index in [1.54, 1.807) is 0 Å². The van der Waals surface area contributed by atoms with Gasteiger partial charge in [-0.1, -0.05) is 59.4 Å². The number of benzene rings is 2. The van der Waals surface area contributed by atoms with Gasteiger partial charge >= 0.3 is 0 Å². The largest absolute Gasteiger partial charge is 0.318 e. The van der Waals surface area contributed by atoms with E-state index in [-0.39, 0.29) is 5.41 Å². The molecule has 0 atom stereocenters. The van der Waals surface area contributed by atoms with Crippen LogP contribution in [0.3, 0.4) is 0 Å². The third-order valence-corrected chi connectivity index (χ3v) is 4.92. The Morgan fingerprint density at radius 3 is 2.09 bits per heavy atom. The monoisotopic (exact) mass is 305 g/mol. The summed E-state index contributed by atoms with van der Waals surface area (Å²) in [6, 6.07) is 15.6. The van der Waals surface area contributed by atoms with Crippen LogP contribution in [0.4, 0.5) is 11.4 Å². The van der Waals surface area contributed by atoms with Gasteiger partial charge in [0.1, 0.15) is 0 Å². The molecular weight excluding hydrogens is 278 g/mol. The van der Waals surface area contributed by atoms with Gasteiger partial charge in [0.05, 0.1) is 0 Å². The fraction of sp³-hybridized carbons (Fsp3) is 0.364. The molecule has 1 heteroatoms. The highest BCUT2D eigenvalue weighted by atomic mass is 15.1. The van der Waals surface area contributed by atoms with Crippen LogP contribution in [0.25, 0.3) is 0 Å². The van der Waals surface area contributed by atoms with E-state index in [1.165, 1.54) is 22.4 Å². The van der Waals surface area contributed by atoms with Crippen LogP contribution < -0.4 is 4.90 Å². The van der Waals surface area contributed by atoms with Crippen molar-refractivity contribution in [3.63, 3.8) is 0 Å². The second-order valence-corrected chi connectivity index (χ2v) is 8.25. The molecule has 2 aromatic rings. The molecule has 0 bridgehead atoms. The van der Waals surface area contributed by atoms with E-state index in [9.17, 15) is 0 Å². The number of hydrogen-bond acceptors (Lipinski definition) is 1. The van der Waals surface area contributed by atoms with Gasteiger partial charge in [-0.2, -0.15) is 0 Å².